The normalized spacial score (nSPS) is 19.9. The van der Waals surface area contributed by atoms with E-state index >= 15 is 0 Å². The van der Waals surface area contributed by atoms with Crippen molar-refractivity contribution in [3.8, 4) is 0 Å². The maximum absolute atomic E-state index is 13.0. The summed E-state index contributed by atoms with van der Waals surface area (Å²) in [5.74, 6) is -0.233. The molecular formula is C21H23FN3OS+. The SMILES string of the molecule is O=C(C[NH+]1CCCC[C@H]1c1nc2ccccc2s1)NCc1ccc(F)cc1. The Morgan fingerprint density at radius 3 is 2.81 bits per heavy atom. The van der Waals surface area contributed by atoms with Crippen LogP contribution in [0.25, 0.3) is 10.2 Å². The van der Waals surface area contributed by atoms with Crippen LogP contribution in [-0.2, 0) is 11.3 Å². The predicted octanol–water partition coefficient (Wildman–Crippen LogP) is 2.86. The zero-order chi connectivity index (χ0) is 18.6. The fraction of sp³-hybridized carbons (Fsp3) is 0.333. The number of fused-ring (bicyclic) bond motifs is 1. The van der Waals surface area contributed by atoms with Gasteiger partial charge in [-0.3, -0.25) is 4.79 Å². The number of piperidine rings is 1. The van der Waals surface area contributed by atoms with Crippen molar-refractivity contribution in [2.24, 2.45) is 0 Å². The Hall–Kier alpha value is -2.31. The lowest BCUT2D eigenvalue weighted by atomic mass is 10.0. The number of benzene rings is 2. The smallest absolute Gasteiger partial charge is 0.275 e. The van der Waals surface area contributed by atoms with Crippen LogP contribution in [-0.4, -0.2) is 24.0 Å². The Morgan fingerprint density at radius 1 is 1.19 bits per heavy atom. The highest BCUT2D eigenvalue weighted by Crippen LogP contribution is 2.28. The van der Waals surface area contributed by atoms with E-state index in [1.165, 1.54) is 28.2 Å². The number of nitrogens with zero attached hydrogens (tertiary/aromatic N) is 1. The Bertz CT molecular complexity index is 892. The molecule has 0 radical (unpaired) electrons. The maximum atomic E-state index is 13.0. The third-order valence-electron chi connectivity index (χ3n) is 5.13. The molecule has 2 heterocycles. The van der Waals surface area contributed by atoms with Crippen molar-refractivity contribution in [2.45, 2.75) is 31.8 Å². The molecule has 2 aromatic carbocycles. The van der Waals surface area contributed by atoms with Crippen LogP contribution in [0, 0.1) is 5.82 Å². The van der Waals surface area contributed by atoms with E-state index in [0.717, 1.165) is 35.5 Å². The van der Waals surface area contributed by atoms with E-state index in [1.54, 1.807) is 23.5 Å². The minimum absolute atomic E-state index is 0.0299. The third kappa shape index (κ3) is 4.34. The van der Waals surface area contributed by atoms with E-state index in [1.807, 2.05) is 18.2 Å². The first-order valence-corrected chi connectivity index (χ1v) is 10.2. The van der Waals surface area contributed by atoms with E-state index in [0.29, 0.717) is 13.1 Å². The van der Waals surface area contributed by atoms with Gasteiger partial charge in [0.25, 0.3) is 5.91 Å². The molecule has 1 aromatic heterocycles. The minimum atomic E-state index is -0.262. The number of hydrogen-bond acceptors (Lipinski definition) is 3. The standard InChI is InChI=1S/C21H22FN3OS/c22-16-10-8-15(9-11-16)13-23-20(26)14-25-12-4-3-6-18(25)21-24-17-5-1-2-7-19(17)27-21/h1-2,5,7-11,18H,3-4,6,12-14H2,(H,23,26)/p+1/t18-/m0/s1. The molecule has 1 saturated heterocycles. The number of hydrogen-bond donors (Lipinski definition) is 2. The molecule has 0 saturated carbocycles. The van der Waals surface area contributed by atoms with Crippen molar-refractivity contribution in [1.82, 2.24) is 10.3 Å². The number of aromatic nitrogens is 1. The summed E-state index contributed by atoms with van der Waals surface area (Å²) in [7, 11) is 0. The second-order valence-corrected chi connectivity index (χ2v) is 8.12. The van der Waals surface area contributed by atoms with Crippen molar-refractivity contribution >= 4 is 27.5 Å². The van der Waals surface area contributed by atoms with Gasteiger partial charge in [0.05, 0.1) is 16.8 Å². The maximum Gasteiger partial charge on any atom is 0.275 e. The van der Waals surface area contributed by atoms with Gasteiger partial charge in [-0.05, 0) is 42.7 Å². The number of carbonyl (C=O) groups excluding carboxylic acids is 1. The molecular weight excluding hydrogens is 361 g/mol. The molecule has 27 heavy (non-hydrogen) atoms. The molecule has 4 rings (SSSR count). The van der Waals surface area contributed by atoms with Gasteiger partial charge < -0.3 is 10.2 Å². The van der Waals surface area contributed by atoms with Crippen LogP contribution >= 0.6 is 11.3 Å². The van der Waals surface area contributed by atoms with Crippen LogP contribution in [0.3, 0.4) is 0 Å². The summed E-state index contributed by atoms with van der Waals surface area (Å²) in [6.07, 6.45) is 3.39. The van der Waals surface area contributed by atoms with Gasteiger partial charge in [0.15, 0.2) is 11.6 Å². The highest BCUT2D eigenvalue weighted by Gasteiger charge is 2.31. The number of para-hydroxylation sites is 1. The molecule has 0 spiro atoms. The summed E-state index contributed by atoms with van der Waals surface area (Å²) in [4.78, 5) is 18.6. The zero-order valence-corrected chi connectivity index (χ0v) is 15.9. The Morgan fingerprint density at radius 2 is 2.00 bits per heavy atom. The van der Waals surface area contributed by atoms with E-state index in [9.17, 15) is 9.18 Å². The van der Waals surface area contributed by atoms with Crippen LogP contribution in [0.1, 0.15) is 35.9 Å². The Labute approximate surface area is 162 Å². The van der Waals surface area contributed by atoms with Gasteiger partial charge in [0.2, 0.25) is 0 Å². The zero-order valence-electron chi connectivity index (χ0n) is 15.1. The highest BCUT2D eigenvalue weighted by molar-refractivity contribution is 7.18. The van der Waals surface area contributed by atoms with Gasteiger partial charge in [-0.1, -0.05) is 24.3 Å². The molecule has 6 heteroatoms. The van der Waals surface area contributed by atoms with Gasteiger partial charge >= 0.3 is 0 Å². The van der Waals surface area contributed by atoms with Crippen LogP contribution in [0.2, 0.25) is 0 Å². The minimum Gasteiger partial charge on any atom is -0.347 e. The van der Waals surface area contributed by atoms with Crippen LogP contribution in [0.4, 0.5) is 4.39 Å². The number of thiazole rings is 1. The molecule has 1 amide bonds. The summed E-state index contributed by atoms with van der Waals surface area (Å²) in [5, 5.41) is 4.10. The molecule has 1 fully saturated rings. The van der Waals surface area contributed by atoms with Crippen LogP contribution in [0.5, 0.6) is 0 Å². The van der Waals surface area contributed by atoms with Gasteiger partial charge in [0.1, 0.15) is 11.9 Å². The molecule has 1 aliphatic rings. The monoisotopic (exact) mass is 384 g/mol. The Balaban J connectivity index is 1.41. The fourth-order valence-electron chi connectivity index (χ4n) is 3.70. The highest BCUT2D eigenvalue weighted by atomic mass is 32.1. The second kappa shape index (κ2) is 8.15. The van der Waals surface area contributed by atoms with Crippen molar-refractivity contribution in [3.05, 3.63) is 64.9 Å². The van der Waals surface area contributed by atoms with Crippen molar-refractivity contribution in [2.75, 3.05) is 13.1 Å². The largest absolute Gasteiger partial charge is 0.347 e. The third-order valence-corrected chi connectivity index (χ3v) is 6.28. The average molecular weight is 385 g/mol. The number of nitrogens with one attached hydrogen (secondary N) is 2. The summed E-state index contributed by atoms with van der Waals surface area (Å²) in [6, 6.07) is 14.7. The molecule has 1 unspecified atom stereocenters. The first-order valence-electron chi connectivity index (χ1n) is 9.40. The summed E-state index contributed by atoms with van der Waals surface area (Å²) >= 11 is 1.75. The lowest BCUT2D eigenvalue weighted by Crippen LogP contribution is -3.14. The molecule has 0 bridgehead atoms. The number of carbonyl (C=O) groups is 1. The van der Waals surface area contributed by atoms with Gasteiger partial charge in [-0.2, -0.15) is 0 Å². The lowest BCUT2D eigenvalue weighted by molar-refractivity contribution is -0.929. The molecule has 4 nitrogen and oxygen atoms in total. The summed E-state index contributed by atoms with van der Waals surface area (Å²) in [6.45, 7) is 1.87. The molecule has 2 atom stereocenters. The number of quaternary nitrogens is 1. The summed E-state index contributed by atoms with van der Waals surface area (Å²) in [5.41, 5.74) is 1.95. The molecule has 0 aliphatic carbocycles. The predicted molar refractivity (Wildman–Crippen MR) is 105 cm³/mol. The molecule has 3 aromatic rings. The quantitative estimate of drug-likeness (QED) is 0.711. The van der Waals surface area contributed by atoms with Gasteiger partial charge in [-0.25, -0.2) is 9.37 Å². The van der Waals surface area contributed by atoms with Crippen molar-refractivity contribution in [3.63, 3.8) is 0 Å². The second-order valence-electron chi connectivity index (χ2n) is 7.06. The Kier molecular flexibility index (Phi) is 5.45. The first kappa shape index (κ1) is 18.1. The van der Waals surface area contributed by atoms with E-state index in [-0.39, 0.29) is 17.8 Å². The molecule has 2 N–H and O–H groups in total. The molecule has 140 valence electrons. The average Bonchev–Trinajstić information content (AvgIpc) is 3.12. The number of likely N-dealkylation sites (tertiary alicyclic amines) is 1. The van der Waals surface area contributed by atoms with Gasteiger partial charge in [0, 0.05) is 13.0 Å². The van der Waals surface area contributed by atoms with E-state index in [2.05, 4.69) is 11.4 Å². The van der Waals surface area contributed by atoms with Crippen molar-refractivity contribution < 1.29 is 14.1 Å². The first-order chi connectivity index (χ1) is 13.2. The van der Waals surface area contributed by atoms with Crippen molar-refractivity contribution in [1.29, 1.82) is 0 Å². The fourth-order valence-corrected chi connectivity index (χ4v) is 4.86. The van der Waals surface area contributed by atoms with Crippen LogP contribution < -0.4 is 10.2 Å². The van der Waals surface area contributed by atoms with Crippen LogP contribution in [0.15, 0.2) is 48.5 Å². The number of halogens is 1. The number of rotatable bonds is 5. The van der Waals surface area contributed by atoms with E-state index < -0.39 is 0 Å². The lowest BCUT2D eigenvalue weighted by Gasteiger charge is -2.30. The van der Waals surface area contributed by atoms with E-state index in [4.69, 9.17) is 4.98 Å². The summed E-state index contributed by atoms with van der Waals surface area (Å²) < 4.78 is 14.2. The van der Waals surface area contributed by atoms with Gasteiger partial charge in [-0.15, -0.1) is 11.3 Å². The molecule has 1 aliphatic heterocycles. The number of amides is 1. The topological polar surface area (TPSA) is 46.4 Å².